The van der Waals surface area contributed by atoms with E-state index in [4.69, 9.17) is 16.4 Å². The Bertz CT molecular complexity index is 181. The molecular weight excluding hydrogens is 135 g/mol. The quantitative estimate of drug-likeness (QED) is 0.370. The highest BCUT2D eigenvalue weighted by atomic mass is 19.1. The third kappa shape index (κ3) is 3.43. The van der Waals surface area contributed by atoms with Crippen LogP contribution in [-0.4, -0.2) is 12.0 Å². The fourth-order valence-corrected chi connectivity index (χ4v) is 0.364. The first-order chi connectivity index (χ1) is 4.70. The fraction of sp³-hybridized carbons (Fsp3) is 0.200. The lowest BCUT2D eigenvalue weighted by Gasteiger charge is -2.03. The van der Waals surface area contributed by atoms with E-state index in [1.807, 2.05) is 0 Å². The molecule has 0 aromatic heterocycles. The van der Waals surface area contributed by atoms with Crippen molar-refractivity contribution in [2.45, 2.75) is 6.04 Å². The molecule has 1 unspecified atom stereocenters. The number of nitrogens with two attached hydrogens (primary N) is 1. The number of rotatable bonds is 2. The van der Waals surface area contributed by atoms with E-state index >= 15 is 0 Å². The van der Waals surface area contributed by atoms with Gasteiger partial charge in [0.25, 0.3) is 0 Å². The first-order valence-electron chi connectivity index (χ1n) is 2.47. The monoisotopic (exact) mass is 142 g/mol. The van der Waals surface area contributed by atoms with Crippen molar-refractivity contribution in [3.05, 3.63) is 12.4 Å². The van der Waals surface area contributed by atoms with Gasteiger partial charge in [-0.15, -0.1) is 0 Å². The van der Waals surface area contributed by atoms with E-state index in [0.29, 0.717) is 0 Å². The maximum atomic E-state index is 11.4. The van der Waals surface area contributed by atoms with Gasteiger partial charge in [-0.05, 0) is 6.08 Å². The van der Waals surface area contributed by atoms with Gasteiger partial charge in [-0.1, -0.05) is 0 Å². The molecule has 0 rings (SSSR count). The summed E-state index contributed by atoms with van der Waals surface area (Å²) in [6, 6.07) is 0.817. The van der Waals surface area contributed by atoms with Gasteiger partial charge in [-0.3, -0.25) is 5.41 Å². The minimum atomic E-state index is -0.859. The second-order valence-corrected chi connectivity index (χ2v) is 1.48. The summed E-state index contributed by atoms with van der Waals surface area (Å²) >= 11 is 0. The molecule has 0 aliphatic heterocycles. The molecule has 5 heteroatoms. The average molecular weight is 142 g/mol. The highest BCUT2D eigenvalue weighted by molar-refractivity contribution is 5.75. The molecule has 0 spiro atoms. The lowest BCUT2D eigenvalue weighted by atomic mass is 10.3. The first kappa shape index (κ1) is 8.43. The zero-order valence-electron chi connectivity index (χ0n) is 5.13. The van der Waals surface area contributed by atoms with Gasteiger partial charge in [0.1, 0.15) is 6.04 Å². The predicted molar refractivity (Wildman–Crippen MR) is 34.7 cm³/mol. The van der Waals surface area contributed by atoms with Crippen molar-refractivity contribution in [1.82, 2.24) is 5.32 Å². The smallest absolute Gasteiger partial charge is 0.186 e. The summed E-state index contributed by atoms with van der Waals surface area (Å²) < 4.78 is 11.4. The van der Waals surface area contributed by atoms with Crippen LogP contribution >= 0.6 is 0 Å². The maximum absolute atomic E-state index is 11.4. The molecule has 0 radical (unpaired) electrons. The second-order valence-electron chi connectivity index (χ2n) is 1.48. The van der Waals surface area contributed by atoms with Crippen molar-refractivity contribution < 1.29 is 4.39 Å². The van der Waals surface area contributed by atoms with Crippen LogP contribution in [0.1, 0.15) is 0 Å². The molecule has 4 nitrogen and oxygen atoms in total. The zero-order chi connectivity index (χ0) is 7.98. The summed E-state index contributed by atoms with van der Waals surface area (Å²) in [7, 11) is 0. The molecule has 0 aliphatic rings. The average Bonchev–Trinajstić information content (AvgIpc) is 1.86. The van der Waals surface area contributed by atoms with E-state index in [0.717, 1.165) is 6.08 Å². The third-order valence-electron chi connectivity index (χ3n) is 0.715. The molecule has 0 heterocycles. The topological polar surface area (TPSA) is 85.7 Å². The van der Waals surface area contributed by atoms with Gasteiger partial charge >= 0.3 is 0 Å². The van der Waals surface area contributed by atoms with Crippen molar-refractivity contribution in [3.8, 4) is 6.07 Å². The zero-order valence-corrected chi connectivity index (χ0v) is 5.13. The van der Waals surface area contributed by atoms with E-state index in [1.54, 1.807) is 6.07 Å². The number of hydrogen-bond donors (Lipinski definition) is 3. The molecular formula is C5H7FN4. The third-order valence-corrected chi connectivity index (χ3v) is 0.715. The van der Waals surface area contributed by atoms with E-state index in [-0.39, 0.29) is 12.3 Å². The minimum Gasteiger partial charge on any atom is -0.370 e. The molecule has 0 fully saturated rings. The van der Waals surface area contributed by atoms with Crippen molar-refractivity contribution >= 4 is 5.96 Å². The van der Waals surface area contributed by atoms with Gasteiger partial charge in [0, 0.05) is 0 Å². The molecule has 10 heavy (non-hydrogen) atoms. The van der Waals surface area contributed by atoms with Crippen LogP contribution in [0.2, 0.25) is 0 Å². The standard InChI is InChI=1S/C5H7FN4/c6-2-1-4(3-7)10-5(8)9/h1-2,4H,(H4,8,9,10). The first-order valence-corrected chi connectivity index (χ1v) is 2.47. The van der Waals surface area contributed by atoms with Crippen LogP contribution < -0.4 is 11.1 Å². The van der Waals surface area contributed by atoms with Gasteiger partial charge in [-0.25, -0.2) is 4.39 Å². The Morgan fingerprint density at radius 2 is 2.50 bits per heavy atom. The molecule has 4 N–H and O–H groups in total. The molecule has 54 valence electrons. The molecule has 0 aromatic rings. The summed E-state index contributed by atoms with van der Waals surface area (Å²) in [4.78, 5) is 0. The summed E-state index contributed by atoms with van der Waals surface area (Å²) in [5.74, 6) is -0.357. The molecule has 1 atom stereocenters. The Morgan fingerprint density at radius 3 is 2.80 bits per heavy atom. The summed E-state index contributed by atoms with van der Waals surface area (Å²) in [5.41, 5.74) is 4.86. The Morgan fingerprint density at radius 1 is 1.90 bits per heavy atom. The number of nitrogens with one attached hydrogen (secondary N) is 2. The highest BCUT2D eigenvalue weighted by Gasteiger charge is 2.00. The van der Waals surface area contributed by atoms with Gasteiger partial charge in [0.15, 0.2) is 5.96 Å². The van der Waals surface area contributed by atoms with E-state index in [9.17, 15) is 4.39 Å². The number of halogens is 1. The van der Waals surface area contributed by atoms with E-state index in [1.165, 1.54) is 0 Å². The number of nitriles is 1. The van der Waals surface area contributed by atoms with Gasteiger partial charge in [-0.2, -0.15) is 5.26 Å². The van der Waals surface area contributed by atoms with E-state index < -0.39 is 6.04 Å². The Kier molecular flexibility index (Phi) is 3.64. The maximum Gasteiger partial charge on any atom is 0.186 e. The highest BCUT2D eigenvalue weighted by Crippen LogP contribution is 1.83. The molecule has 0 amide bonds. The van der Waals surface area contributed by atoms with Crippen LogP contribution in [0.15, 0.2) is 12.4 Å². The molecule has 0 bridgehead atoms. The second kappa shape index (κ2) is 4.32. The minimum absolute atomic E-state index is 0.226. The van der Waals surface area contributed by atoms with Crippen LogP contribution in [0, 0.1) is 16.7 Å². The van der Waals surface area contributed by atoms with Crippen LogP contribution in [0.3, 0.4) is 0 Å². The van der Waals surface area contributed by atoms with Crippen molar-refractivity contribution in [2.75, 3.05) is 0 Å². The largest absolute Gasteiger partial charge is 0.370 e. The number of guanidine groups is 1. The normalized spacial score (nSPS) is 12.4. The van der Waals surface area contributed by atoms with Crippen molar-refractivity contribution in [1.29, 1.82) is 10.7 Å². The predicted octanol–water partition coefficient (Wildman–Crippen LogP) is -0.155. The molecule has 0 saturated carbocycles. The number of hydrogen-bond acceptors (Lipinski definition) is 2. The van der Waals surface area contributed by atoms with Crippen LogP contribution in [0.5, 0.6) is 0 Å². The Labute approximate surface area is 57.6 Å². The molecule has 0 aliphatic carbocycles. The van der Waals surface area contributed by atoms with Gasteiger partial charge < -0.3 is 11.1 Å². The summed E-state index contributed by atoms with van der Waals surface area (Å²) in [5, 5.41) is 17.1. The van der Waals surface area contributed by atoms with Crippen LogP contribution in [-0.2, 0) is 0 Å². The summed E-state index contributed by atoms with van der Waals surface area (Å²) in [6.07, 6.45) is 1.19. The van der Waals surface area contributed by atoms with Gasteiger partial charge in [0.05, 0.1) is 12.4 Å². The SMILES string of the molecule is N#CC(C=CF)NC(=N)N. The van der Waals surface area contributed by atoms with Crippen LogP contribution in [0.25, 0.3) is 0 Å². The van der Waals surface area contributed by atoms with Gasteiger partial charge in [0.2, 0.25) is 0 Å². The van der Waals surface area contributed by atoms with Crippen molar-refractivity contribution in [3.63, 3.8) is 0 Å². The summed E-state index contributed by atoms with van der Waals surface area (Å²) in [6.45, 7) is 0. The number of nitrogens with zero attached hydrogens (tertiary/aromatic N) is 1. The van der Waals surface area contributed by atoms with Crippen LogP contribution in [0.4, 0.5) is 4.39 Å². The van der Waals surface area contributed by atoms with E-state index in [2.05, 4.69) is 5.32 Å². The Hall–Kier alpha value is -1.57. The Balaban J connectivity index is 3.87. The lowest BCUT2D eigenvalue weighted by Crippen LogP contribution is -2.37. The fourth-order valence-electron chi connectivity index (χ4n) is 0.364. The molecule has 0 aromatic carbocycles. The van der Waals surface area contributed by atoms with Crippen molar-refractivity contribution in [2.24, 2.45) is 5.73 Å². The molecule has 0 saturated heterocycles. The lowest BCUT2D eigenvalue weighted by molar-refractivity contribution is 0.706.